The summed E-state index contributed by atoms with van der Waals surface area (Å²) in [5, 5.41) is 7.35. The number of benzene rings is 1. The molecule has 2 aromatic heterocycles. The molecule has 9 heteroatoms. The van der Waals surface area contributed by atoms with Gasteiger partial charge >= 0.3 is 5.97 Å². The predicted molar refractivity (Wildman–Crippen MR) is 97.3 cm³/mol. The van der Waals surface area contributed by atoms with Gasteiger partial charge in [-0.05, 0) is 37.1 Å². The fraction of sp³-hybridized carbons (Fsp3) is 0.333. The number of anilines is 1. The molecule has 0 unspecified atom stereocenters. The van der Waals surface area contributed by atoms with E-state index in [0.29, 0.717) is 24.2 Å². The molecule has 0 saturated heterocycles. The molecular formula is C18H20N4O5. The first-order valence-electron chi connectivity index (χ1n) is 8.40. The van der Waals surface area contributed by atoms with Gasteiger partial charge in [-0.2, -0.15) is 4.98 Å². The van der Waals surface area contributed by atoms with Crippen molar-refractivity contribution in [2.75, 3.05) is 32.7 Å². The molecule has 3 rings (SSSR count). The molecule has 9 nitrogen and oxygen atoms in total. The summed E-state index contributed by atoms with van der Waals surface area (Å²) >= 11 is 0. The van der Waals surface area contributed by atoms with Crippen molar-refractivity contribution >= 4 is 22.9 Å². The van der Waals surface area contributed by atoms with Crippen molar-refractivity contribution in [1.29, 1.82) is 0 Å². The molecule has 0 bridgehead atoms. The Bertz CT molecular complexity index is 941. The van der Waals surface area contributed by atoms with Crippen LogP contribution in [0.3, 0.4) is 0 Å². The second-order valence-electron chi connectivity index (χ2n) is 5.51. The van der Waals surface area contributed by atoms with Gasteiger partial charge in [0.2, 0.25) is 5.69 Å². The van der Waals surface area contributed by atoms with Crippen LogP contribution in [0.2, 0.25) is 0 Å². The lowest BCUT2D eigenvalue weighted by molar-refractivity contribution is 0.0517. The van der Waals surface area contributed by atoms with E-state index in [1.165, 1.54) is 6.33 Å². The standard InChI is InChI=1S/C18H20N4O5/c1-4-26-18(23)15-14-16(20-10-21-17(14)27-22-15)19-8-7-11-9-12(24-2)5-6-13(11)25-3/h5-6,9-10H,4,7-8H2,1-3H3,(H,19,20,21). The summed E-state index contributed by atoms with van der Waals surface area (Å²) in [7, 11) is 3.24. The fourth-order valence-electron chi connectivity index (χ4n) is 2.65. The molecule has 0 spiro atoms. The Hall–Kier alpha value is -3.36. The molecule has 2 heterocycles. The highest BCUT2D eigenvalue weighted by Gasteiger charge is 2.22. The smallest absolute Gasteiger partial charge is 0.361 e. The zero-order valence-corrected chi connectivity index (χ0v) is 15.3. The van der Waals surface area contributed by atoms with Crippen LogP contribution in [0.15, 0.2) is 29.0 Å². The Kier molecular flexibility index (Phi) is 5.70. The summed E-state index contributed by atoms with van der Waals surface area (Å²) in [4.78, 5) is 20.3. The van der Waals surface area contributed by atoms with Crippen LogP contribution in [0.4, 0.5) is 5.82 Å². The fourth-order valence-corrected chi connectivity index (χ4v) is 2.65. The molecule has 0 radical (unpaired) electrons. The molecule has 142 valence electrons. The van der Waals surface area contributed by atoms with Gasteiger partial charge in [0.15, 0.2) is 0 Å². The maximum atomic E-state index is 12.1. The highest BCUT2D eigenvalue weighted by atomic mass is 16.5. The number of nitrogens with zero attached hydrogens (tertiary/aromatic N) is 3. The van der Waals surface area contributed by atoms with Crippen LogP contribution in [0.5, 0.6) is 11.5 Å². The molecule has 0 amide bonds. The van der Waals surface area contributed by atoms with Gasteiger partial charge in [0.1, 0.15) is 29.0 Å². The van der Waals surface area contributed by atoms with E-state index in [4.69, 9.17) is 18.7 Å². The van der Waals surface area contributed by atoms with E-state index in [1.54, 1.807) is 21.1 Å². The van der Waals surface area contributed by atoms with Gasteiger partial charge in [-0.25, -0.2) is 9.78 Å². The van der Waals surface area contributed by atoms with Crippen LogP contribution in [0.1, 0.15) is 23.0 Å². The number of rotatable bonds is 8. The van der Waals surface area contributed by atoms with Crippen molar-refractivity contribution in [3.8, 4) is 11.5 Å². The van der Waals surface area contributed by atoms with Crippen molar-refractivity contribution in [1.82, 2.24) is 15.1 Å². The first-order chi connectivity index (χ1) is 13.2. The molecule has 1 N–H and O–H groups in total. The summed E-state index contributed by atoms with van der Waals surface area (Å²) in [5.74, 6) is 1.39. The lowest BCUT2D eigenvalue weighted by Crippen LogP contribution is -2.10. The molecule has 27 heavy (non-hydrogen) atoms. The third kappa shape index (κ3) is 3.91. The van der Waals surface area contributed by atoms with Crippen LogP contribution < -0.4 is 14.8 Å². The second kappa shape index (κ2) is 8.35. The second-order valence-corrected chi connectivity index (χ2v) is 5.51. The van der Waals surface area contributed by atoms with Crippen molar-refractivity contribution in [2.45, 2.75) is 13.3 Å². The number of ether oxygens (including phenoxy) is 3. The number of fused-ring (bicyclic) bond motifs is 1. The van der Waals surface area contributed by atoms with Gasteiger partial charge in [0.25, 0.3) is 5.71 Å². The molecule has 0 saturated carbocycles. The average Bonchev–Trinajstić information content (AvgIpc) is 3.13. The van der Waals surface area contributed by atoms with E-state index in [2.05, 4.69) is 20.4 Å². The number of hydrogen-bond donors (Lipinski definition) is 1. The number of carbonyl (C=O) groups excluding carboxylic acids is 1. The largest absolute Gasteiger partial charge is 0.497 e. The maximum Gasteiger partial charge on any atom is 0.361 e. The Morgan fingerprint density at radius 1 is 1.22 bits per heavy atom. The number of hydrogen-bond acceptors (Lipinski definition) is 9. The van der Waals surface area contributed by atoms with E-state index in [1.807, 2.05) is 18.2 Å². The zero-order chi connectivity index (χ0) is 19.2. The topological polar surface area (TPSA) is 109 Å². The van der Waals surface area contributed by atoms with Crippen molar-refractivity contribution in [3.05, 3.63) is 35.8 Å². The minimum absolute atomic E-state index is 0.0499. The van der Waals surface area contributed by atoms with Crippen molar-refractivity contribution < 1.29 is 23.5 Å². The van der Waals surface area contributed by atoms with E-state index < -0.39 is 5.97 Å². The van der Waals surface area contributed by atoms with E-state index >= 15 is 0 Å². The van der Waals surface area contributed by atoms with Crippen LogP contribution in [0.25, 0.3) is 11.1 Å². The summed E-state index contributed by atoms with van der Waals surface area (Å²) in [6.07, 6.45) is 1.99. The molecule has 0 aliphatic carbocycles. The molecule has 1 aromatic carbocycles. The average molecular weight is 372 g/mol. The van der Waals surface area contributed by atoms with E-state index in [9.17, 15) is 4.79 Å². The van der Waals surface area contributed by atoms with Crippen molar-refractivity contribution in [3.63, 3.8) is 0 Å². The zero-order valence-electron chi connectivity index (χ0n) is 15.3. The van der Waals surface area contributed by atoms with Gasteiger partial charge in [-0.15, -0.1) is 0 Å². The predicted octanol–water partition coefficient (Wildman–Crippen LogP) is 2.47. The Morgan fingerprint density at radius 3 is 2.81 bits per heavy atom. The normalized spacial score (nSPS) is 10.6. The highest BCUT2D eigenvalue weighted by molar-refractivity contribution is 6.04. The Labute approximate surface area is 155 Å². The number of nitrogens with one attached hydrogen (secondary N) is 1. The van der Waals surface area contributed by atoms with Crippen LogP contribution in [0, 0.1) is 0 Å². The number of esters is 1. The minimum Gasteiger partial charge on any atom is -0.497 e. The molecular weight excluding hydrogens is 352 g/mol. The molecule has 0 aliphatic rings. The van der Waals surface area contributed by atoms with Gasteiger partial charge in [-0.1, -0.05) is 5.16 Å². The minimum atomic E-state index is -0.580. The summed E-state index contributed by atoms with van der Waals surface area (Å²) in [6, 6.07) is 5.61. The lowest BCUT2D eigenvalue weighted by Gasteiger charge is -2.11. The Morgan fingerprint density at radius 2 is 2.07 bits per heavy atom. The highest BCUT2D eigenvalue weighted by Crippen LogP contribution is 2.26. The van der Waals surface area contributed by atoms with Crippen molar-refractivity contribution in [2.24, 2.45) is 0 Å². The molecule has 3 aromatic rings. The SMILES string of the molecule is CCOC(=O)c1noc2ncnc(NCCc3cc(OC)ccc3OC)c12. The van der Waals surface area contributed by atoms with Gasteiger partial charge in [0.05, 0.1) is 20.8 Å². The monoisotopic (exact) mass is 372 g/mol. The summed E-state index contributed by atoms with van der Waals surface area (Å²) in [6.45, 7) is 2.49. The van der Waals surface area contributed by atoms with Crippen LogP contribution in [-0.2, 0) is 11.2 Å². The quantitative estimate of drug-likeness (QED) is 0.596. The third-order valence-corrected chi connectivity index (χ3v) is 3.92. The Balaban J connectivity index is 1.80. The third-order valence-electron chi connectivity index (χ3n) is 3.92. The van der Waals surface area contributed by atoms with Gasteiger partial charge < -0.3 is 24.1 Å². The number of carbonyl (C=O) groups is 1. The van der Waals surface area contributed by atoms with E-state index in [-0.39, 0.29) is 18.0 Å². The summed E-state index contributed by atoms with van der Waals surface area (Å²) in [5.41, 5.74) is 1.24. The molecule has 0 aliphatic heterocycles. The first-order valence-corrected chi connectivity index (χ1v) is 8.40. The van der Waals surface area contributed by atoms with Crippen LogP contribution >= 0.6 is 0 Å². The van der Waals surface area contributed by atoms with Crippen LogP contribution in [-0.4, -0.2) is 48.5 Å². The first kappa shape index (κ1) is 18.4. The van der Waals surface area contributed by atoms with Gasteiger partial charge in [-0.3, -0.25) is 0 Å². The molecule has 0 fully saturated rings. The summed E-state index contributed by atoms with van der Waals surface area (Å²) < 4.78 is 20.8. The lowest BCUT2D eigenvalue weighted by atomic mass is 10.1. The number of aromatic nitrogens is 3. The maximum absolute atomic E-state index is 12.1. The van der Waals surface area contributed by atoms with E-state index in [0.717, 1.165) is 17.1 Å². The number of methoxy groups -OCH3 is 2. The van der Waals surface area contributed by atoms with Gasteiger partial charge in [0, 0.05) is 6.54 Å². The molecule has 0 atom stereocenters.